The Morgan fingerprint density at radius 1 is 1.23 bits per heavy atom. The van der Waals surface area contributed by atoms with Gasteiger partial charge in [-0.25, -0.2) is 0 Å². The quantitative estimate of drug-likeness (QED) is 0.743. The van der Waals surface area contributed by atoms with Crippen LogP contribution in [0.3, 0.4) is 0 Å². The molecular formula is C20H23ClN4O. The van der Waals surface area contributed by atoms with Crippen LogP contribution in [0.15, 0.2) is 48.7 Å². The fourth-order valence-corrected chi connectivity index (χ4v) is 3.52. The van der Waals surface area contributed by atoms with Gasteiger partial charge >= 0.3 is 0 Å². The van der Waals surface area contributed by atoms with Crippen molar-refractivity contribution in [1.29, 1.82) is 0 Å². The first-order valence-electron chi connectivity index (χ1n) is 8.80. The Balaban J connectivity index is 0.00000196. The number of H-pyrrole nitrogens is 1. The van der Waals surface area contributed by atoms with Crippen LogP contribution >= 0.6 is 12.4 Å². The number of aromatic nitrogens is 2. The number of hydrogen-bond donors (Lipinski definition) is 2. The first-order chi connectivity index (χ1) is 12.3. The molecule has 1 aromatic heterocycles. The number of aromatic amines is 1. The fourth-order valence-electron chi connectivity index (χ4n) is 3.52. The molecule has 1 aliphatic rings. The Labute approximate surface area is 159 Å². The summed E-state index contributed by atoms with van der Waals surface area (Å²) in [4.78, 5) is 15.2. The summed E-state index contributed by atoms with van der Waals surface area (Å²) < 4.78 is 0. The molecule has 2 N–H and O–H groups in total. The highest BCUT2D eigenvalue weighted by Crippen LogP contribution is 2.26. The molecule has 26 heavy (non-hydrogen) atoms. The molecule has 1 atom stereocenters. The number of halogens is 1. The SMILES string of the molecule is CCc1ccc(C2CNCCN2C(=O)c2cccc3cn[nH]c23)cc1.Cl. The third kappa shape index (κ3) is 3.32. The van der Waals surface area contributed by atoms with Crippen molar-refractivity contribution >= 4 is 29.2 Å². The van der Waals surface area contributed by atoms with E-state index in [1.165, 1.54) is 11.1 Å². The standard InChI is InChI=1S/C20H22N4O.ClH/c1-2-14-6-8-15(9-7-14)18-13-21-10-11-24(18)20(25)17-5-3-4-16-12-22-23-19(16)17;/h3-9,12,18,21H,2,10-11,13H2,1H3,(H,22,23);1H. The zero-order valence-electron chi connectivity index (χ0n) is 14.7. The highest BCUT2D eigenvalue weighted by molar-refractivity contribution is 6.05. The minimum Gasteiger partial charge on any atom is -0.329 e. The molecule has 0 aliphatic carbocycles. The van der Waals surface area contributed by atoms with Crippen molar-refractivity contribution in [2.24, 2.45) is 0 Å². The van der Waals surface area contributed by atoms with Crippen LogP contribution < -0.4 is 5.32 Å². The number of hydrogen-bond acceptors (Lipinski definition) is 3. The maximum Gasteiger partial charge on any atom is 0.256 e. The van der Waals surface area contributed by atoms with Crippen LogP contribution in [-0.4, -0.2) is 40.6 Å². The van der Waals surface area contributed by atoms with E-state index in [1.807, 2.05) is 23.1 Å². The lowest BCUT2D eigenvalue weighted by Crippen LogP contribution is -2.48. The van der Waals surface area contributed by atoms with Crippen LogP contribution in [0.5, 0.6) is 0 Å². The van der Waals surface area contributed by atoms with Gasteiger partial charge in [-0.05, 0) is 23.6 Å². The van der Waals surface area contributed by atoms with Crippen molar-refractivity contribution in [2.45, 2.75) is 19.4 Å². The number of fused-ring (bicyclic) bond motifs is 1. The minimum atomic E-state index is 0. The number of nitrogens with one attached hydrogen (secondary N) is 2. The van der Waals surface area contributed by atoms with Crippen molar-refractivity contribution in [3.63, 3.8) is 0 Å². The van der Waals surface area contributed by atoms with Crippen LogP contribution in [0, 0.1) is 0 Å². The van der Waals surface area contributed by atoms with E-state index in [2.05, 4.69) is 46.7 Å². The third-order valence-electron chi connectivity index (χ3n) is 4.98. The largest absolute Gasteiger partial charge is 0.329 e. The second kappa shape index (κ2) is 7.89. The second-order valence-electron chi connectivity index (χ2n) is 6.45. The van der Waals surface area contributed by atoms with Gasteiger partial charge in [0.25, 0.3) is 5.91 Å². The number of carbonyl (C=O) groups is 1. The van der Waals surface area contributed by atoms with E-state index < -0.39 is 0 Å². The summed E-state index contributed by atoms with van der Waals surface area (Å²) in [5, 5.41) is 11.4. The van der Waals surface area contributed by atoms with Crippen LogP contribution in [0.2, 0.25) is 0 Å². The number of benzene rings is 2. The van der Waals surface area contributed by atoms with E-state index in [1.54, 1.807) is 6.20 Å². The molecule has 0 radical (unpaired) electrons. The molecule has 1 aliphatic heterocycles. The molecule has 1 fully saturated rings. The third-order valence-corrected chi connectivity index (χ3v) is 4.98. The summed E-state index contributed by atoms with van der Waals surface area (Å²) in [6, 6.07) is 14.4. The predicted molar refractivity (Wildman–Crippen MR) is 106 cm³/mol. The number of piperazine rings is 1. The highest BCUT2D eigenvalue weighted by atomic mass is 35.5. The number of rotatable bonds is 3. The van der Waals surface area contributed by atoms with Crippen LogP contribution in [0.4, 0.5) is 0 Å². The number of amides is 1. The Morgan fingerprint density at radius 2 is 2.04 bits per heavy atom. The molecule has 0 saturated carbocycles. The summed E-state index contributed by atoms with van der Waals surface area (Å²) >= 11 is 0. The predicted octanol–water partition coefficient (Wildman–Crippen LogP) is 3.33. The molecule has 1 unspecified atom stereocenters. The fraction of sp³-hybridized carbons (Fsp3) is 0.300. The van der Waals surface area contributed by atoms with Crippen LogP contribution in [0.25, 0.3) is 10.9 Å². The van der Waals surface area contributed by atoms with Gasteiger partial charge in [-0.2, -0.15) is 5.10 Å². The molecule has 3 aromatic rings. The summed E-state index contributed by atoms with van der Waals surface area (Å²) in [5.41, 5.74) is 3.99. The number of para-hydroxylation sites is 1. The van der Waals surface area contributed by atoms with E-state index in [0.29, 0.717) is 12.1 Å². The Kier molecular flexibility index (Phi) is 5.59. The number of nitrogens with zero attached hydrogens (tertiary/aromatic N) is 2. The second-order valence-corrected chi connectivity index (χ2v) is 6.45. The van der Waals surface area contributed by atoms with E-state index >= 15 is 0 Å². The van der Waals surface area contributed by atoms with Crippen LogP contribution in [0.1, 0.15) is 34.5 Å². The van der Waals surface area contributed by atoms with Crippen molar-refractivity contribution in [2.75, 3.05) is 19.6 Å². The smallest absolute Gasteiger partial charge is 0.256 e. The maximum absolute atomic E-state index is 13.3. The molecular weight excluding hydrogens is 348 g/mol. The lowest BCUT2D eigenvalue weighted by molar-refractivity contribution is 0.0636. The molecule has 0 spiro atoms. The molecule has 6 heteroatoms. The highest BCUT2D eigenvalue weighted by Gasteiger charge is 2.29. The van der Waals surface area contributed by atoms with E-state index in [4.69, 9.17) is 0 Å². The van der Waals surface area contributed by atoms with Gasteiger partial charge in [0.1, 0.15) is 0 Å². The number of carbonyl (C=O) groups excluding carboxylic acids is 1. The molecule has 1 amide bonds. The van der Waals surface area contributed by atoms with Crippen molar-refractivity contribution in [3.05, 3.63) is 65.4 Å². The summed E-state index contributed by atoms with van der Waals surface area (Å²) in [5.74, 6) is 0.0564. The molecule has 1 saturated heterocycles. The zero-order chi connectivity index (χ0) is 17.2. The Bertz CT molecular complexity index is 890. The molecule has 4 rings (SSSR count). The van der Waals surface area contributed by atoms with Gasteiger partial charge in [-0.3, -0.25) is 9.89 Å². The number of aryl methyl sites for hydroxylation is 1. The monoisotopic (exact) mass is 370 g/mol. The van der Waals surface area contributed by atoms with Crippen molar-refractivity contribution in [3.8, 4) is 0 Å². The molecule has 5 nitrogen and oxygen atoms in total. The van der Waals surface area contributed by atoms with Gasteiger partial charge in [0.05, 0.1) is 23.3 Å². The summed E-state index contributed by atoms with van der Waals surface area (Å²) in [7, 11) is 0. The molecule has 2 aromatic carbocycles. The Morgan fingerprint density at radius 3 is 2.81 bits per heavy atom. The summed E-state index contributed by atoms with van der Waals surface area (Å²) in [6.07, 6.45) is 2.78. The van der Waals surface area contributed by atoms with Gasteiger partial charge in [-0.15, -0.1) is 12.4 Å². The van der Waals surface area contributed by atoms with E-state index in [9.17, 15) is 4.79 Å². The van der Waals surface area contributed by atoms with Gasteiger partial charge in [-0.1, -0.05) is 43.3 Å². The van der Waals surface area contributed by atoms with Crippen molar-refractivity contribution < 1.29 is 4.79 Å². The topological polar surface area (TPSA) is 61.0 Å². The zero-order valence-corrected chi connectivity index (χ0v) is 15.6. The van der Waals surface area contributed by atoms with E-state index in [-0.39, 0.29) is 24.4 Å². The molecule has 0 bridgehead atoms. The Hall–Kier alpha value is -2.37. The molecule has 136 valence electrons. The van der Waals surface area contributed by atoms with E-state index in [0.717, 1.165) is 30.4 Å². The summed E-state index contributed by atoms with van der Waals surface area (Å²) in [6.45, 7) is 4.44. The minimum absolute atomic E-state index is 0. The van der Waals surface area contributed by atoms with Gasteiger partial charge in [0, 0.05) is 25.0 Å². The van der Waals surface area contributed by atoms with Crippen molar-refractivity contribution in [1.82, 2.24) is 20.4 Å². The van der Waals surface area contributed by atoms with Gasteiger partial charge in [0.2, 0.25) is 0 Å². The van der Waals surface area contributed by atoms with Crippen LogP contribution in [-0.2, 0) is 6.42 Å². The van der Waals surface area contributed by atoms with Gasteiger partial charge in [0.15, 0.2) is 0 Å². The lowest BCUT2D eigenvalue weighted by Gasteiger charge is -2.36. The first-order valence-corrected chi connectivity index (χ1v) is 8.80. The average molecular weight is 371 g/mol. The first kappa shape index (κ1) is 18.4. The normalized spacial score (nSPS) is 17.1. The molecule has 2 heterocycles. The maximum atomic E-state index is 13.3. The van der Waals surface area contributed by atoms with Gasteiger partial charge < -0.3 is 10.2 Å². The average Bonchev–Trinajstić information content (AvgIpc) is 3.16. The lowest BCUT2D eigenvalue weighted by atomic mass is 9.99.